The Morgan fingerprint density at radius 1 is 1.09 bits per heavy atom. The predicted molar refractivity (Wildman–Crippen MR) is 124 cm³/mol. The summed E-state index contributed by atoms with van der Waals surface area (Å²) >= 11 is 0. The minimum absolute atomic E-state index is 0.0410. The third-order valence-corrected chi connectivity index (χ3v) is 6.33. The number of likely N-dealkylation sites (tertiary alicyclic amines) is 1. The number of carboxylic acid groups (broad SMARTS) is 1. The van der Waals surface area contributed by atoms with Crippen molar-refractivity contribution in [2.45, 2.75) is 30.5 Å². The van der Waals surface area contributed by atoms with Crippen molar-refractivity contribution in [3.8, 4) is 11.1 Å². The van der Waals surface area contributed by atoms with Gasteiger partial charge in [-0.3, -0.25) is 4.79 Å². The van der Waals surface area contributed by atoms with Gasteiger partial charge in [-0.05, 0) is 36.3 Å². The van der Waals surface area contributed by atoms with Crippen LogP contribution < -0.4 is 5.32 Å². The average molecular weight is 468 g/mol. The number of amides is 2. The summed E-state index contributed by atoms with van der Waals surface area (Å²) in [4.78, 5) is 40.2. The Hall–Kier alpha value is -3.43. The molecule has 1 heterocycles. The number of nitrogens with one attached hydrogen (secondary N) is 1. The van der Waals surface area contributed by atoms with Crippen molar-refractivity contribution in [1.82, 2.24) is 15.1 Å². The first-order chi connectivity index (χ1) is 16.3. The summed E-state index contributed by atoms with van der Waals surface area (Å²) in [6.07, 6.45) is -1.71. The largest absolute Gasteiger partial charge is 0.480 e. The summed E-state index contributed by atoms with van der Waals surface area (Å²) in [5, 5.41) is 21.9. The summed E-state index contributed by atoms with van der Waals surface area (Å²) < 4.78 is 5.55. The quantitative estimate of drug-likeness (QED) is 0.565. The molecule has 9 heteroatoms. The van der Waals surface area contributed by atoms with Gasteiger partial charge >= 0.3 is 12.1 Å². The number of rotatable bonds is 7. The average Bonchev–Trinajstić information content (AvgIpc) is 3.35. The highest BCUT2D eigenvalue weighted by molar-refractivity contribution is 5.90. The first kappa shape index (κ1) is 23.7. The Morgan fingerprint density at radius 3 is 2.24 bits per heavy atom. The fraction of sp³-hybridized carbons (Fsp3) is 0.400. The van der Waals surface area contributed by atoms with Crippen LogP contribution in [0.4, 0.5) is 4.79 Å². The number of fused-ring (bicyclic) bond motifs is 3. The molecule has 1 aliphatic heterocycles. The van der Waals surface area contributed by atoms with Gasteiger partial charge in [0.1, 0.15) is 18.7 Å². The summed E-state index contributed by atoms with van der Waals surface area (Å²) in [5.41, 5.74) is 4.38. The number of aliphatic hydroxyl groups is 1. The normalized spacial score (nSPS) is 20.1. The van der Waals surface area contributed by atoms with Crippen LogP contribution in [-0.2, 0) is 14.3 Å². The molecule has 0 bridgehead atoms. The molecular weight excluding hydrogens is 438 g/mol. The smallest absolute Gasteiger partial charge is 0.407 e. The van der Waals surface area contributed by atoms with Crippen LogP contribution in [0.15, 0.2) is 48.5 Å². The maximum atomic E-state index is 13.1. The van der Waals surface area contributed by atoms with E-state index in [1.165, 1.54) is 0 Å². The number of hydrogen-bond acceptors (Lipinski definition) is 6. The minimum Gasteiger partial charge on any atom is -0.480 e. The van der Waals surface area contributed by atoms with E-state index in [9.17, 15) is 24.6 Å². The van der Waals surface area contributed by atoms with E-state index in [-0.39, 0.29) is 32.0 Å². The van der Waals surface area contributed by atoms with Crippen LogP contribution in [0.25, 0.3) is 11.1 Å². The zero-order valence-electron chi connectivity index (χ0n) is 19.2. The van der Waals surface area contributed by atoms with Crippen molar-refractivity contribution < 1.29 is 29.3 Å². The molecule has 9 nitrogen and oxygen atoms in total. The molecule has 0 aromatic heterocycles. The standard InChI is InChI=1S/C25H29N3O6/c1-27(2)13-21(23(30)28-12-15(29)11-22(28)24(31)32)26-25(33)34-14-20-18-9-5-3-7-16(18)17-8-4-6-10-19(17)20/h3-10,15,20-22,29H,11-14H2,1-2H3,(H,26,33)(H,31,32). The van der Waals surface area contributed by atoms with E-state index in [1.54, 1.807) is 19.0 Å². The van der Waals surface area contributed by atoms with E-state index < -0.39 is 36.2 Å². The molecule has 3 N–H and O–H groups in total. The number of carboxylic acids is 1. The highest BCUT2D eigenvalue weighted by Gasteiger charge is 2.42. The molecule has 1 saturated heterocycles. The Bertz CT molecular complexity index is 1040. The van der Waals surface area contributed by atoms with E-state index >= 15 is 0 Å². The number of aliphatic hydroxyl groups excluding tert-OH is 1. The lowest BCUT2D eigenvalue weighted by Gasteiger charge is -2.28. The number of likely N-dealkylation sites (N-methyl/N-ethyl adjacent to an activating group) is 1. The van der Waals surface area contributed by atoms with Crippen molar-refractivity contribution >= 4 is 18.0 Å². The van der Waals surface area contributed by atoms with Crippen LogP contribution in [0, 0.1) is 0 Å². The van der Waals surface area contributed by atoms with E-state index in [1.807, 2.05) is 48.5 Å². The Balaban J connectivity index is 1.45. The second-order valence-corrected chi connectivity index (χ2v) is 9.02. The zero-order valence-corrected chi connectivity index (χ0v) is 19.2. The Labute approximate surface area is 197 Å². The van der Waals surface area contributed by atoms with Crippen LogP contribution in [0.5, 0.6) is 0 Å². The topological polar surface area (TPSA) is 119 Å². The SMILES string of the molecule is CN(C)CC(NC(=O)OCC1c2ccccc2-c2ccccc21)C(=O)N1CC(O)CC1C(=O)O. The maximum absolute atomic E-state index is 13.1. The summed E-state index contributed by atoms with van der Waals surface area (Å²) in [7, 11) is 3.49. The molecular formula is C25H29N3O6. The molecule has 1 aliphatic carbocycles. The number of carbonyl (C=O) groups is 3. The molecule has 2 amide bonds. The number of hydrogen-bond donors (Lipinski definition) is 3. The van der Waals surface area contributed by atoms with Gasteiger partial charge in [0, 0.05) is 25.4 Å². The number of aliphatic carboxylic acids is 1. The van der Waals surface area contributed by atoms with E-state index in [2.05, 4.69) is 5.32 Å². The molecule has 3 unspecified atom stereocenters. The second kappa shape index (κ2) is 9.82. The summed E-state index contributed by atoms with van der Waals surface area (Å²) in [6, 6.07) is 13.8. The first-order valence-corrected chi connectivity index (χ1v) is 11.2. The number of nitrogens with zero attached hydrogens (tertiary/aromatic N) is 2. The maximum Gasteiger partial charge on any atom is 0.407 e. The number of alkyl carbamates (subject to hydrolysis) is 1. The van der Waals surface area contributed by atoms with Crippen LogP contribution in [0.1, 0.15) is 23.5 Å². The van der Waals surface area contributed by atoms with E-state index in [0.717, 1.165) is 27.2 Å². The van der Waals surface area contributed by atoms with E-state index in [4.69, 9.17) is 4.74 Å². The molecule has 1 fully saturated rings. The van der Waals surface area contributed by atoms with Gasteiger partial charge in [-0.25, -0.2) is 9.59 Å². The third-order valence-electron chi connectivity index (χ3n) is 6.33. The molecule has 0 radical (unpaired) electrons. The van der Waals surface area contributed by atoms with Gasteiger partial charge in [-0.1, -0.05) is 48.5 Å². The fourth-order valence-corrected chi connectivity index (χ4v) is 4.82. The lowest BCUT2D eigenvalue weighted by atomic mass is 9.98. The number of benzene rings is 2. The molecule has 180 valence electrons. The van der Waals surface area contributed by atoms with Gasteiger partial charge in [-0.2, -0.15) is 0 Å². The molecule has 2 aromatic rings. The third kappa shape index (κ3) is 4.76. The zero-order chi connectivity index (χ0) is 24.4. The monoisotopic (exact) mass is 467 g/mol. The number of carbonyl (C=O) groups excluding carboxylic acids is 2. The fourth-order valence-electron chi connectivity index (χ4n) is 4.82. The highest BCUT2D eigenvalue weighted by Crippen LogP contribution is 2.44. The number of ether oxygens (including phenoxy) is 1. The van der Waals surface area contributed by atoms with Crippen molar-refractivity contribution in [2.75, 3.05) is 33.8 Å². The van der Waals surface area contributed by atoms with Crippen LogP contribution in [-0.4, -0.2) is 90.0 Å². The van der Waals surface area contributed by atoms with Crippen molar-refractivity contribution in [3.63, 3.8) is 0 Å². The molecule has 34 heavy (non-hydrogen) atoms. The van der Waals surface area contributed by atoms with E-state index in [0.29, 0.717) is 0 Å². The van der Waals surface area contributed by atoms with Gasteiger partial charge in [0.15, 0.2) is 0 Å². The van der Waals surface area contributed by atoms with Crippen LogP contribution >= 0.6 is 0 Å². The highest BCUT2D eigenvalue weighted by atomic mass is 16.5. The molecule has 4 rings (SSSR count). The second-order valence-electron chi connectivity index (χ2n) is 9.02. The Morgan fingerprint density at radius 2 is 1.68 bits per heavy atom. The summed E-state index contributed by atoms with van der Waals surface area (Å²) in [6.45, 7) is 0.164. The predicted octanol–water partition coefficient (Wildman–Crippen LogP) is 1.50. The van der Waals surface area contributed by atoms with Gasteiger partial charge in [-0.15, -0.1) is 0 Å². The van der Waals surface area contributed by atoms with Crippen molar-refractivity contribution in [2.24, 2.45) is 0 Å². The van der Waals surface area contributed by atoms with Gasteiger partial charge in [0.05, 0.1) is 6.10 Å². The van der Waals surface area contributed by atoms with Crippen molar-refractivity contribution in [3.05, 3.63) is 59.7 Å². The van der Waals surface area contributed by atoms with Gasteiger partial charge in [0.25, 0.3) is 0 Å². The molecule has 0 spiro atoms. The lowest BCUT2D eigenvalue weighted by Crippen LogP contribution is -2.55. The molecule has 2 aromatic carbocycles. The first-order valence-electron chi connectivity index (χ1n) is 11.2. The minimum atomic E-state index is -1.19. The number of β-amino-alcohol motifs (C(OH)–C–C–N with tert-alkyl or cyclic N) is 1. The molecule has 3 atom stereocenters. The molecule has 2 aliphatic rings. The van der Waals surface area contributed by atoms with Crippen LogP contribution in [0.2, 0.25) is 0 Å². The van der Waals surface area contributed by atoms with Gasteiger partial charge < -0.3 is 30.1 Å². The summed E-state index contributed by atoms with van der Waals surface area (Å²) in [5.74, 6) is -1.87. The molecule has 0 saturated carbocycles. The van der Waals surface area contributed by atoms with Crippen LogP contribution in [0.3, 0.4) is 0 Å². The van der Waals surface area contributed by atoms with Gasteiger partial charge in [0.2, 0.25) is 5.91 Å². The lowest BCUT2D eigenvalue weighted by molar-refractivity contribution is -0.149. The Kier molecular flexibility index (Phi) is 6.85. The van der Waals surface area contributed by atoms with Crippen molar-refractivity contribution in [1.29, 1.82) is 0 Å².